The molecule has 1 unspecified atom stereocenters. The Morgan fingerprint density at radius 1 is 1.40 bits per heavy atom. The summed E-state index contributed by atoms with van der Waals surface area (Å²) in [4.78, 5) is 10.8. The van der Waals surface area contributed by atoms with Gasteiger partial charge in [0.15, 0.2) is 0 Å². The van der Waals surface area contributed by atoms with Crippen molar-refractivity contribution in [2.24, 2.45) is 5.73 Å². The highest BCUT2D eigenvalue weighted by Gasteiger charge is 2.14. The SMILES string of the molecule is Cc1cc(C)cc(NC(CN)C(=O)O)c1. The molecule has 0 saturated carbocycles. The number of aryl methyl sites for hydroxylation is 2. The van der Waals surface area contributed by atoms with Crippen LogP contribution in [0.15, 0.2) is 18.2 Å². The molecule has 4 nitrogen and oxygen atoms in total. The van der Waals surface area contributed by atoms with E-state index in [2.05, 4.69) is 5.32 Å². The Morgan fingerprint density at radius 3 is 2.33 bits per heavy atom. The fourth-order valence-electron chi connectivity index (χ4n) is 1.48. The summed E-state index contributed by atoms with van der Waals surface area (Å²) in [6.07, 6.45) is 0. The molecule has 1 atom stereocenters. The number of carboxylic acid groups (broad SMARTS) is 1. The molecule has 0 amide bonds. The first-order valence-corrected chi connectivity index (χ1v) is 4.80. The molecule has 4 N–H and O–H groups in total. The minimum atomic E-state index is -0.934. The van der Waals surface area contributed by atoms with Crippen molar-refractivity contribution in [3.63, 3.8) is 0 Å². The zero-order chi connectivity index (χ0) is 11.4. The van der Waals surface area contributed by atoms with Gasteiger partial charge >= 0.3 is 5.97 Å². The predicted octanol–water partition coefficient (Wildman–Crippen LogP) is 1.13. The average Bonchev–Trinajstić information content (AvgIpc) is 2.12. The van der Waals surface area contributed by atoms with Crippen LogP contribution in [0.4, 0.5) is 5.69 Å². The van der Waals surface area contributed by atoms with Gasteiger partial charge in [0.2, 0.25) is 0 Å². The van der Waals surface area contributed by atoms with Gasteiger partial charge in [-0.1, -0.05) is 6.07 Å². The highest BCUT2D eigenvalue weighted by Crippen LogP contribution is 2.14. The highest BCUT2D eigenvalue weighted by molar-refractivity contribution is 5.77. The van der Waals surface area contributed by atoms with Gasteiger partial charge in [0.1, 0.15) is 6.04 Å². The summed E-state index contributed by atoms with van der Waals surface area (Å²) in [5, 5.41) is 11.7. The summed E-state index contributed by atoms with van der Waals surface area (Å²) in [5.74, 6) is -0.934. The third-order valence-corrected chi connectivity index (χ3v) is 2.10. The third kappa shape index (κ3) is 3.25. The molecule has 0 radical (unpaired) electrons. The maximum Gasteiger partial charge on any atom is 0.327 e. The number of aliphatic carboxylic acids is 1. The molecule has 0 heterocycles. The molecule has 82 valence electrons. The summed E-state index contributed by atoms with van der Waals surface area (Å²) >= 11 is 0. The van der Waals surface area contributed by atoms with Crippen molar-refractivity contribution in [3.05, 3.63) is 29.3 Å². The van der Waals surface area contributed by atoms with Crippen molar-refractivity contribution >= 4 is 11.7 Å². The summed E-state index contributed by atoms with van der Waals surface area (Å²) in [6, 6.07) is 5.10. The number of hydrogen-bond donors (Lipinski definition) is 3. The fourth-order valence-corrected chi connectivity index (χ4v) is 1.48. The molecule has 0 aliphatic heterocycles. The van der Waals surface area contributed by atoms with Crippen LogP contribution in [-0.4, -0.2) is 23.7 Å². The van der Waals surface area contributed by atoms with Gasteiger partial charge in [0.25, 0.3) is 0 Å². The minimum Gasteiger partial charge on any atom is -0.480 e. The molecular formula is C11H16N2O2. The molecule has 0 saturated heterocycles. The molecule has 0 fully saturated rings. The van der Waals surface area contributed by atoms with Crippen LogP contribution in [0.25, 0.3) is 0 Å². The van der Waals surface area contributed by atoms with Crippen LogP contribution < -0.4 is 11.1 Å². The van der Waals surface area contributed by atoms with Gasteiger partial charge in [-0.05, 0) is 37.1 Å². The van der Waals surface area contributed by atoms with Crippen LogP contribution in [0.2, 0.25) is 0 Å². The number of rotatable bonds is 4. The lowest BCUT2D eigenvalue weighted by Crippen LogP contribution is -2.36. The first kappa shape index (κ1) is 11.5. The molecule has 0 aromatic heterocycles. The van der Waals surface area contributed by atoms with Crippen LogP contribution in [0.1, 0.15) is 11.1 Å². The van der Waals surface area contributed by atoms with E-state index in [0.717, 1.165) is 16.8 Å². The highest BCUT2D eigenvalue weighted by atomic mass is 16.4. The van der Waals surface area contributed by atoms with Gasteiger partial charge in [0.05, 0.1) is 0 Å². The Bertz CT molecular complexity index is 343. The van der Waals surface area contributed by atoms with Crippen molar-refractivity contribution in [3.8, 4) is 0 Å². The number of nitrogens with one attached hydrogen (secondary N) is 1. The molecule has 4 heteroatoms. The molecule has 1 aromatic carbocycles. The van der Waals surface area contributed by atoms with E-state index in [4.69, 9.17) is 10.8 Å². The van der Waals surface area contributed by atoms with E-state index < -0.39 is 12.0 Å². The van der Waals surface area contributed by atoms with E-state index in [1.807, 2.05) is 32.0 Å². The monoisotopic (exact) mass is 208 g/mol. The van der Waals surface area contributed by atoms with Gasteiger partial charge in [-0.2, -0.15) is 0 Å². The molecule has 1 aromatic rings. The van der Waals surface area contributed by atoms with Crippen LogP contribution in [0.5, 0.6) is 0 Å². The number of anilines is 1. The van der Waals surface area contributed by atoms with E-state index >= 15 is 0 Å². The first-order valence-electron chi connectivity index (χ1n) is 4.80. The van der Waals surface area contributed by atoms with Crippen LogP contribution in [0.3, 0.4) is 0 Å². The van der Waals surface area contributed by atoms with Gasteiger partial charge in [-0.25, -0.2) is 4.79 Å². The first-order chi connectivity index (χ1) is 7.02. The lowest BCUT2D eigenvalue weighted by atomic mass is 10.1. The second-order valence-electron chi connectivity index (χ2n) is 3.65. The van der Waals surface area contributed by atoms with E-state index in [1.165, 1.54) is 0 Å². The average molecular weight is 208 g/mol. The molecule has 0 aliphatic rings. The standard InChI is InChI=1S/C11H16N2O2/c1-7-3-8(2)5-9(4-7)13-10(6-12)11(14)15/h3-5,10,13H,6,12H2,1-2H3,(H,14,15). The maximum absolute atomic E-state index is 10.8. The normalized spacial score (nSPS) is 12.2. The second-order valence-corrected chi connectivity index (χ2v) is 3.65. The van der Waals surface area contributed by atoms with Gasteiger partial charge in [-0.3, -0.25) is 0 Å². The van der Waals surface area contributed by atoms with Crippen molar-refractivity contribution < 1.29 is 9.90 Å². The number of benzene rings is 1. The summed E-state index contributed by atoms with van der Waals surface area (Å²) in [5.41, 5.74) is 8.34. The van der Waals surface area contributed by atoms with Gasteiger partial charge in [0, 0.05) is 12.2 Å². The Morgan fingerprint density at radius 2 is 1.93 bits per heavy atom. The van der Waals surface area contributed by atoms with Gasteiger partial charge < -0.3 is 16.2 Å². The summed E-state index contributed by atoms with van der Waals surface area (Å²) < 4.78 is 0. The van der Waals surface area contributed by atoms with Crippen LogP contribution in [-0.2, 0) is 4.79 Å². The largest absolute Gasteiger partial charge is 0.480 e. The minimum absolute atomic E-state index is 0.0717. The van der Waals surface area contributed by atoms with Crippen molar-refractivity contribution in [2.75, 3.05) is 11.9 Å². The lowest BCUT2D eigenvalue weighted by Gasteiger charge is -2.14. The Labute approximate surface area is 89.1 Å². The molecule has 1 rings (SSSR count). The number of nitrogens with two attached hydrogens (primary N) is 1. The Kier molecular flexibility index (Phi) is 3.68. The number of carboxylic acids is 1. The van der Waals surface area contributed by atoms with Crippen molar-refractivity contribution in [1.29, 1.82) is 0 Å². The topological polar surface area (TPSA) is 75.3 Å². The molecule has 0 aliphatic carbocycles. The number of hydrogen-bond acceptors (Lipinski definition) is 3. The third-order valence-electron chi connectivity index (χ3n) is 2.10. The second kappa shape index (κ2) is 4.79. The summed E-state index contributed by atoms with van der Waals surface area (Å²) in [7, 11) is 0. The zero-order valence-electron chi connectivity index (χ0n) is 8.95. The van der Waals surface area contributed by atoms with Crippen molar-refractivity contribution in [1.82, 2.24) is 0 Å². The van der Waals surface area contributed by atoms with E-state index in [0.29, 0.717) is 0 Å². The lowest BCUT2D eigenvalue weighted by molar-refractivity contribution is -0.137. The number of carbonyl (C=O) groups is 1. The van der Waals surface area contributed by atoms with Crippen LogP contribution >= 0.6 is 0 Å². The summed E-state index contributed by atoms with van der Waals surface area (Å²) in [6.45, 7) is 4.01. The van der Waals surface area contributed by atoms with Crippen LogP contribution in [0, 0.1) is 13.8 Å². The maximum atomic E-state index is 10.8. The molecular weight excluding hydrogens is 192 g/mol. The Balaban J connectivity index is 2.83. The van der Waals surface area contributed by atoms with Gasteiger partial charge in [-0.15, -0.1) is 0 Å². The van der Waals surface area contributed by atoms with E-state index in [9.17, 15) is 4.79 Å². The van der Waals surface area contributed by atoms with E-state index in [-0.39, 0.29) is 6.54 Å². The quantitative estimate of drug-likeness (QED) is 0.693. The molecule has 0 spiro atoms. The smallest absolute Gasteiger partial charge is 0.327 e. The Hall–Kier alpha value is -1.55. The molecule has 15 heavy (non-hydrogen) atoms. The zero-order valence-corrected chi connectivity index (χ0v) is 8.95. The fraction of sp³-hybridized carbons (Fsp3) is 0.364. The molecule has 0 bridgehead atoms. The van der Waals surface area contributed by atoms with Crippen molar-refractivity contribution in [2.45, 2.75) is 19.9 Å². The predicted molar refractivity (Wildman–Crippen MR) is 60.0 cm³/mol. The van der Waals surface area contributed by atoms with E-state index in [1.54, 1.807) is 0 Å².